The molecule has 2 aromatic rings. The fraction of sp³-hybridized carbons (Fsp3) is 0.375. The van der Waals surface area contributed by atoms with Crippen molar-refractivity contribution in [2.45, 2.75) is 12.8 Å². The molecule has 0 spiro atoms. The van der Waals surface area contributed by atoms with E-state index >= 15 is 0 Å². The highest BCUT2D eigenvalue weighted by atomic mass is 16.5. The van der Waals surface area contributed by atoms with Crippen LogP contribution in [0.2, 0.25) is 0 Å². The molecule has 0 atom stereocenters. The molecule has 2 aliphatic heterocycles. The lowest BCUT2D eigenvalue weighted by Crippen LogP contribution is -2.40. The molecule has 2 amide bonds. The highest BCUT2D eigenvalue weighted by molar-refractivity contribution is 6.03. The molecule has 2 aromatic carbocycles. The Labute approximate surface area is 187 Å². The molecule has 0 saturated carbocycles. The maximum atomic E-state index is 12.9. The quantitative estimate of drug-likeness (QED) is 0.693. The second-order valence-electron chi connectivity index (χ2n) is 7.67. The number of carbonyl (C=O) groups excluding carboxylic acids is 2. The van der Waals surface area contributed by atoms with Crippen LogP contribution in [0.5, 0.6) is 11.5 Å². The first kappa shape index (κ1) is 21.8. The Morgan fingerprint density at radius 3 is 2.53 bits per heavy atom. The number of amides is 2. The summed E-state index contributed by atoms with van der Waals surface area (Å²) in [4.78, 5) is 27.4. The number of methoxy groups -OCH3 is 2. The van der Waals surface area contributed by atoms with E-state index in [1.165, 1.54) is 5.01 Å². The molecule has 4 rings (SSSR count). The highest BCUT2D eigenvalue weighted by Gasteiger charge is 2.23. The summed E-state index contributed by atoms with van der Waals surface area (Å²) in [5.74, 6) is 1.14. The molecule has 1 saturated heterocycles. The Bertz CT molecular complexity index is 1030. The van der Waals surface area contributed by atoms with E-state index in [1.807, 2.05) is 30.3 Å². The SMILES string of the molecule is COc1ccc(C2=NN(C(=O)Cc3cccc(C(=O)N4CCOCC4)c3)CC2)cc1OC. The van der Waals surface area contributed by atoms with E-state index in [-0.39, 0.29) is 18.2 Å². The first-order valence-electron chi connectivity index (χ1n) is 10.6. The van der Waals surface area contributed by atoms with Crippen molar-refractivity contribution in [1.82, 2.24) is 9.91 Å². The number of benzene rings is 2. The van der Waals surface area contributed by atoms with Gasteiger partial charge in [0.05, 0.1) is 46.1 Å². The molecule has 8 heteroatoms. The van der Waals surface area contributed by atoms with Crippen molar-refractivity contribution in [3.8, 4) is 11.5 Å². The number of carbonyl (C=O) groups is 2. The molecule has 0 aliphatic carbocycles. The van der Waals surface area contributed by atoms with Crippen molar-refractivity contribution in [3.63, 3.8) is 0 Å². The standard InChI is InChI=1S/C24H27N3O5/c1-30-21-7-6-18(16-22(21)31-2)20-8-9-27(25-20)23(28)15-17-4-3-5-19(14-17)24(29)26-10-12-32-13-11-26/h3-7,14,16H,8-13,15H2,1-2H3. The molecule has 0 aromatic heterocycles. The fourth-order valence-electron chi connectivity index (χ4n) is 3.88. The van der Waals surface area contributed by atoms with Gasteiger partial charge in [-0.15, -0.1) is 0 Å². The van der Waals surface area contributed by atoms with Gasteiger partial charge in [0.25, 0.3) is 5.91 Å². The Kier molecular flexibility index (Phi) is 6.70. The summed E-state index contributed by atoms with van der Waals surface area (Å²) in [6.07, 6.45) is 0.851. The minimum absolute atomic E-state index is 0.0301. The smallest absolute Gasteiger partial charge is 0.254 e. The number of hydrazone groups is 1. The van der Waals surface area contributed by atoms with E-state index in [0.29, 0.717) is 56.3 Å². The maximum Gasteiger partial charge on any atom is 0.254 e. The normalized spacial score (nSPS) is 16.0. The van der Waals surface area contributed by atoms with Crippen molar-refractivity contribution in [1.29, 1.82) is 0 Å². The van der Waals surface area contributed by atoms with Crippen molar-refractivity contribution >= 4 is 17.5 Å². The molecule has 2 aliphatic rings. The monoisotopic (exact) mass is 437 g/mol. The Balaban J connectivity index is 1.43. The first-order chi connectivity index (χ1) is 15.6. The van der Waals surface area contributed by atoms with Crippen LogP contribution in [0.25, 0.3) is 0 Å². The minimum Gasteiger partial charge on any atom is -0.493 e. The van der Waals surface area contributed by atoms with Crippen LogP contribution in [-0.4, -0.2) is 74.5 Å². The van der Waals surface area contributed by atoms with Crippen LogP contribution in [0, 0.1) is 0 Å². The predicted octanol–water partition coefficient (Wildman–Crippen LogP) is 2.36. The number of hydrogen-bond acceptors (Lipinski definition) is 6. The van der Waals surface area contributed by atoms with E-state index in [1.54, 1.807) is 31.3 Å². The third-order valence-electron chi connectivity index (χ3n) is 5.63. The van der Waals surface area contributed by atoms with Gasteiger partial charge < -0.3 is 19.1 Å². The van der Waals surface area contributed by atoms with Gasteiger partial charge in [-0.1, -0.05) is 12.1 Å². The van der Waals surface area contributed by atoms with Gasteiger partial charge in [0.1, 0.15) is 0 Å². The van der Waals surface area contributed by atoms with Crippen LogP contribution >= 0.6 is 0 Å². The van der Waals surface area contributed by atoms with Crippen molar-refractivity contribution in [2.24, 2.45) is 5.10 Å². The van der Waals surface area contributed by atoms with Gasteiger partial charge in [-0.2, -0.15) is 5.10 Å². The Morgan fingerprint density at radius 1 is 1.00 bits per heavy atom. The largest absolute Gasteiger partial charge is 0.493 e. The number of nitrogens with zero attached hydrogens (tertiary/aromatic N) is 3. The topological polar surface area (TPSA) is 80.7 Å². The number of ether oxygens (including phenoxy) is 3. The average Bonchev–Trinajstić information content (AvgIpc) is 3.34. The van der Waals surface area contributed by atoms with Crippen LogP contribution in [0.15, 0.2) is 47.6 Å². The third-order valence-corrected chi connectivity index (χ3v) is 5.63. The van der Waals surface area contributed by atoms with Crippen LogP contribution in [0.1, 0.15) is 27.9 Å². The zero-order chi connectivity index (χ0) is 22.5. The predicted molar refractivity (Wildman–Crippen MR) is 119 cm³/mol. The molecule has 0 N–H and O–H groups in total. The number of morpholine rings is 1. The lowest BCUT2D eigenvalue weighted by atomic mass is 10.1. The van der Waals surface area contributed by atoms with Crippen LogP contribution < -0.4 is 9.47 Å². The molecule has 168 valence electrons. The Hall–Kier alpha value is -3.39. The third kappa shape index (κ3) is 4.75. The van der Waals surface area contributed by atoms with Crippen molar-refractivity contribution in [3.05, 3.63) is 59.2 Å². The lowest BCUT2D eigenvalue weighted by molar-refractivity contribution is -0.130. The van der Waals surface area contributed by atoms with Gasteiger partial charge in [-0.05, 0) is 35.9 Å². The van der Waals surface area contributed by atoms with E-state index < -0.39 is 0 Å². The van der Waals surface area contributed by atoms with Gasteiger partial charge in [0.15, 0.2) is 11.5 Å². The van der Waals surface area contributed by atoms with Gasteiger partial charge in [0, 0.05) is 30.6 Å². The van der Waals surface area contributed by atoms with Gasteiger partial charge in [-0.25, -0.2) is 5.01 Å². The first-order valence-corrected chi connectivity index (χ1v) is 10.6. The molecule has 0 unspecified atom stereocenters. The number of rotatable bonds is 6. The van der Waals surface area contributed by atoms with E-state index in [2.05, 4.69) is 5.10 Å². The maximum absolute atomic E-state index is 12.9. The summed E-state index contributed by atoms with van der Waals surface area (Å²) < 4.78 is 16.0. The summed E-state index contributed by atoms with van der Waals surface area (Å²) >= 11 is 0. The van der Waals surface area contributed by atoms with E-state index in [4.69, 9.17) is 14.2 Å². The molecule has 32 heavy (non-hydrogen) atoms. The molecule has 1 fully saturated rings. The molecular formula is C24H27N3O5. The van der Waals surface area contributed by atoms with E-state index in [0.717, 1.165) is 16.8 Å². The summed E-state index contributed by atoms with van der Waals surface area (Å²) in [7, 11) is 3.18. The Morgan fingerprint density at radius 2 is 1.78 bits per heavy atom. The fourth-order valence-corrected chi connectivity index (χ4v) is 3.88. The average molecular weight is 437 g/mol. The molecular weight excluding hydrogens is 410 g/mol. The summed E-state index contributed by atoms with van der Waals surface area (Å²) in [6, 6.07) is 12.9. The molecule has 2 heterocycles. The lowest BCUT2D eigenvalue weighted by Gasteiger charge is -2.27. The summed E-state index contributed by atoms with van der Waals surface area (Å²) in [5, 5.41) is 6.03. The summed E-state index contributed by atoms with van der Waals surface area (Å²) in [6.45, 7) is 2.81. The zero-order valence-electron chi connectivity index (χ0n) is 18.4. The molecule has 8 nitrogen and oxygen atoms in total. The molecule has 0 radical (unpaired) electrons. The molecule has 0 bridgehead atoms. The van der Waals surface area contributed by atoms with Crippen molar-refractivity contribution in [2.75, 3.05) is 47.1 Å². The highest BCUT2D eigenvalue weighted by Crippen LogP contribution is 2.29. The number of hydrogen-bond donors (Lipinski definition) is 0. The van der Waals surface area contributed by atoms with Crippen LogP contribution in [0.4, 0.5) is 0 Å². The van der Waals surface area contributed by atoms with Gasteiger partial charge in [-0.3, -0.25) is 9.59 Å². The van der Waals surface area contributed by atoms with Crippen LogP contribution in [-0.2, 0) is 16.0 Å². The summed E-state index contributed by atoms with van der Waals surface area (Å²) in [5.41, 5.74) is 3.11. The van der Waals surface area contributed by atoms with E-state index in [9.17, 15) is 9.59 Å². The zero-order valence-corrected chi connectivity index (χ0v) is 18.4. The second-order valence-corrected chi connectivity index (χ2v) is 7.67. The van der Waals surface area contributed by atoms with Gasteiger partial charge >= 0.3 is 0 Å². The van der Waals surface area contributed by atoms with Crippen LogP contribution in [0.3, 0.4) is 0 Å². The van der Waals surface area contributed by atoms with Gasteiger partial charge in [0.2, 0.25) is 5.91 Å². The minimum atomic E-state index is -0.101. The second kappa shape index (κ2) is 9.82. The van der Waals surface area contributed by atoms with Crippen molar-refractivity contribution < 1.29 is 23.8 Å².